The molecule has 1 aliphatic heterocycles. The zero-order valence-corrected chi connectivity index (χ0v) is 11.8. The van der Waals surface area contributed by atoms with Crippen molar-refractivity contribution in [2.75, 3.05) is 0 Å². The minimum Gasteiger partial charge on any atom is -0.340 e. The van der Waals surface area contributed by atoms with Gasteiger partial charge in [0.1, 0.15) is 11.6 Å². The Bertz CT molecular complexity index is 361. The fraction of sp³-hybridized carbons (Fsp3) is 0.857. The fourth-order valence-corrected chi connectivity index (χ4v) is 2.87. The van der Waals surface area contributed by atoms with Crippen LogP contribution in [0.25, 0.3) is 0 Å². The van der Waals surface area contributed by atoms with Crippen molar-refractivity contribution in [2.24, 2.45) is 5.92 Å². The average molecular weight is 252 g/mol. The van der Waals surface area contributed by atoms with Crippen LogP contribution in [0.5, 0.6) is 0 Å². The minimum absolute atomic E-state index is 0.00949. The fourth-order valence-electron chi connectivity index (χ4n) is 2.87. The molecule has 0 aromatic heterocycles. The van der Waals surface area contributed by atoms with Crippen LogP contribution in [0.15, 0.2) is 0 Å². The van der Waals surface area contributed by atoms with Crippen molar-refractivity contribution in [3.05, 3.63) is 0 Å². The van der Waals surface area contributed by atoms with Gasteiger partial charge >= 0.3 is 0 Å². The second-order valence-corrected chi connectivity index (χ2v) is 6.28. The molecule has 2 fully saturated rings. The molecule has 1 N–H and O–H groups in total. The highest BCUT2D eigenvalue weighted by Crippen LogP contribution is 2.36. The van der Waals surface area contributed by atoms with Crippen LogP contribution in [0, 0.1) is 5.92 Å². The molecule has 102 valence electrons. The van der Waals surface area contributed by atoms with Crippen molar-refractivity contribution in [1.82, 2.24) is 10.2 Å². The van der Waals surface area contributed by atoms with Crippen molar-refractivity contribution < 1.29 is 9.59 Å². The van der Waals surface area contributed by atoms with Crippen LogP contribution in [-0.4, -0.2) is 34.3 Å². The summed E-state index contributed by atoms with van der Waals surface area (Å²) in [5.41, 5.74) is -0.763. The van der Waals surface area contributed by atoms with Gasteiger partial charge in [-0.1, -0.05) is 19.8 Å². The number of carbonyl (C=O) groups is 2. The summed E-state index contributed by atoms with van der Waals surface area (Å²) >= 11 is 0. The van der Waals surface area contributed by atoms with E-state index in [0.29, 0.717) is 6.42 Å². The van der Waals surface area contributed by atoms with Gasteiger partial charge in [0.15, 0.2) is 0 Å². The SMILES string of the molecule is CCC1C(=O)NC(C)(C)C(=O)N1C(C)CC1CC1. The molecule has 2 unspecified atom stereocenters. The van der Waals surface area contributed by atoms with Gasteiger partial charge in [0.25, 0.3) is 0 Å². The first-order valence-electron chi connectivity index (χ1n) is 7.01. The Balaban J connectivity index is 2.19. The van der Waals surface area contributed by atoms with E-state index in [4.69, 9.17) is 0 Å². The first-order chi connectivity index (χ1) is 8.36. The molecular formula is C14H24N2O2. The third-order valence-corrected chi connectivity index (χ3v) is 4.08. The van der Waals surface area contributed by atoms with E-state index in [-0.39, 0.29) is 23.9 Å². The maximum absolute atomic E-state index is 12.5. The second-order valence-electron chi connectivity index (χ2n) is 6.28. The van der Waals surface area contributed by atoms with Crippen LogP contribution in [-0.2, 0) is 9.59 Å². The molecule has 0 radical (unpaired) electrons. The maximum atomic E-state index is 12.5. The van der Waals surface area contributed by atoms with Crippen LogP contribution in [0.1, 0.15) is 53.4 Å². The highest BCUT2D eigenvalue weighted by Gasteiger charge is 2.46. The second kappa shape index (κ2) is 4.56. The summed E-state index contributed by atoms with van der Waals surface area (Å²) in [5, 5.41) is 2.83. The molecule has 4 nitrogen and oxygen atoms in total. The third-order valence-electron chi connectivity index (χ3n) is 4.08. The van der Waals surface area contributed by atoms with Gasteiger partial charge in [0.05, 0.1) is 0 Å². The Hall–Kier alpha value is -1.06. The number of carbonyl (C=O) groups excluding carboxylic acids is 2. The molecule has 1 saturated carbocycles. The lowest BCUT2D eigenvalue weighted by Crippen LogP contribution is -2.69. The highest BCUT2D eigenvalue weighted by atomic mass is 16.2. The molecule has 2 atom stereocenters. The van der Waals surface area contributed by atoms with Crippen molar-refractivity contribution in [3.63, 3.8) is 0 Å². The molecule has 1 saturated heterocycles. The lowest BCUT2D eigenvalue weighted by Gasteiger charge is -2.45. The van der Waals surface area contributed by atoms with Crippen LogP contribution >= 0.6 is 0 Å². The Morgan fingerprint density at radius 1 is 1.39 bits per heavy atom. The molecule has 0 spiro atoms. The molecule has 2 amide bonds. The number of hydrogen-bond acceptors (Lipinski definition) is 2. The number of amides is 2. The summed E-state index contributed by atoms with van der Waals surface area (Å²) < 4.78 is 0. The molecule has 0 aromatic carbocycles. The van der Waals surface area contributed by atoms with Crippen LogP contribution in [0.3, 0.4) is 0 Å². The molecule has 2 rings (SSSR count). The Morgan fingerprint density at radius 3 is 2.50 bits per heavy atom. The number of piperazine rings is 1. The Labute approximate surface area is 109 Å². The molecule has 4 heteroatoms. The lowest BCUT2D eigenvalue weighted by molar-refractivity contribution is -0.156. The van der Waals surface area contributed by atoms with Gasteiger partial charge in [-0.3, -0.25) is 9.59 Å². The number of hydrogen-bond donors (Lipinski definition) is 1. The zero-order chi connectivity index (χ0) is 13.5. The summed E-state index contributed by atoms with van der Waals surface area (Å²) in [4.78, 5) is 26.4. The van der Waals surface area contributed by atoms with Crippen molar-refractivity contribution in [2.45, 2.75) is 71.0 Å². The van der Waals surface area contributed by atoms with Crippen LogP contribution < -0.4 is 5.32 Å². The Kier molecular flexibility index (Phi) is 3.39. The van der Waals surface area contributed by atoms with Gasteiger partial charge < -0.3 is 10.2 Å². The van der Waals surface area contributed by atoms with E-state index >= 15 is 0 Å². The average Bonchev–Trinajstić information content (AvgIpc) is 3.05. The summed E-state index contributed by atoms with van der Waals surface area (Å²) in [6, 6.07) is -0.125. The molecule has 1 aliphatic carbocycles. The van der Waals surface area contributed by atoms with Gasteiger partial charge in [-0.2, -0.15) is 0 Å². The third kappa shape index (κ3) is 2.38. The van der Waals surface area contributed by atoms with Gasteiger partial charge in [-0.05, 0) is 39.5 Å². The Morgan fingerprint density at radius 2 is 2.00 bits per heavy atom. The monoisotopic (exact) mass is 252 g/mol. The predicted molar refractivity (Wildman–Crippen MR) is 69.9 cm³/mol. The number of nitrogens with zero attached hydrogens (tertiary/aromatic N) is 1. The van der Waals surface area contributed by atoms with Crippen molar-refractivity contribution >= 4 is 11.8 Å². The molecule has 2 aliphatic rings. The minimum atomic E-state index is -0.763. The van der Waals surface area contributed by atoms with Crippen molar-refractivity contribution in [3.8, 4) is 0 Å². The van der Waals surface area contributed by atoms with Crippen LogP contribution in [0.2, 0.25) is 0 Å². The topological polar surface area (TPSA) is 49.4 Å². The first-order valence-corrected chi connectivity index (χ1v) is 7.01. The van der Waals surface area contributed by atoms with E-state index in [9.17, 15) is 9.59 Å². The summed E-state index contributed by atoms with van der Waals surface area (Å²) in [7, 11) is 0. The van der Waals surface area contributed by atoms with Gasteiger partial charge in [-0.25, -0.2) is 0 Å². The van der Waals surface area contributed by atoms with Gasteiger partial charge in [0, 0.05) is 6.04 Å². The largest absolute Gasteiger partial charge is 0.340 e. The van der Waals surface area contributed by atoms with E-state index in [1.165, 1.54) is 12.8 Å². The smallest absolute Gasteiger partial charge is 0.248 e. The maximum Gasteiger partial charge on any atom is 0.248 e. The molecular weight excluding hydrogens is 228 g/mol. The highest BCUT2D eigenvalue weighted by molar-refractivity contribution is 5.99. The van der Waals surface area contributed by atoms with E-state index in [2.05, 4.69) is 12.2 Å². The summed E-state index contributed by atoms with van der Waals surface area (Å²) in [6.45, 7) is 7.62. The van der Waals surface area contributed by atoms with E-state index in [1.807, 2.05) is 11.8 Å². The van der Waals surface area contributed by atoms with E-state index in [1.54, 1.807) is 13.8 Å². The van der Waals surface area contributed by atoms with Crippen LogP contribution in [0.4, 0.5) is 0 Å². The van der Waals surface area contributed by atoms with Gasteiger partial charge in [0.2, 0.25) is 11.8 Å². The van der Waals surface area contributed by atoms with E-state index < -0.39 is 5.54 Å². The number of rotatable bonds is 4. The zero-order valence-electron chi connectivity index (χ0n) is 11.8. The molecule has 18 heavy (non-hydrogen) atoms. The standard InChI is InChI=1S/C14H24N2O2/c1-5-11-12(17)15-14(3,4)13(18)16(11)9(2)8-10-6-7-10/h9-11H,5-8H2,1-4H3,(H,15,17). The van der Waals surface area contributed by atoms with Gasteiger partial charge in [-0.15, -0.1) is 0 Å². The van der Waals surface area contributed by atoms with Crippen molar-refractivity contribution in [1.29, 1.82) is 0 Å². The predicted octanol–water partition coefficient (Wildman–Crippen LogP) is 1.69. The molecule has 1 heterocycles. The summed E-state index contributed by atoms with van der Waals surface area (Å²) in [6.07, 6.45) is 4.27. The molecule has 0 bridgehead atoms. The summed E-state index contributed by atoms with van der Waals surface area (Å²) in [5.74, 6) is 0.810. The lowest BCUT2D eigenvalue weighted by atomic mass is 9.93. The molecule has 0 aromatic rings. The van der Waals surface area contributed by atoms with E-state index in [0.717, 1.165) is 12.3 Å². The quantitative estimate of drug-likeness (QED) is 0.827. The normalized spacial score (nSPS) is 29.1. The first kappa shape index (κ1) is 13.4. The number of nitrogens with one attached hydrogen (secondary N) is 1.